The molecule has 1 aromatic rings. The van der Waals surface area contributed by atoms with Crippen LogP contribution in [0, 0.1) is 0 Å². The zero-order valence-electron chi connectivity index (χ0n) is 10.1. The van der Waals surface area contributed by atoms with Gasteiger partial charge in [0, 0.05) is 26.4 Å². The molecule has 4 heteroatoms. The molecule has 4 nitrogen and oxygen atoms in total. The van der Waals surface area contributed by atoms with Crippen LogP contribution in [0.15, 0.2) is 24.9 Å². The van der Waals surface area contributed by atoms with Crippen molar-refractivity contribution >= 4 is 0 Å². The van der Waals surface area contributed by atoms with Gasteiger partial charge in [-0.2, -0.15) is 0 Å². The van der Waals surface area contributed by atoms with Gasteiger partial charge in [-0.25, -0.2) is 0 Å². The van der Waals surface area contributed by atoms with E-state index in [0.29, 0.717) is 13.2 Å². The molecule has 0 spiro atoms. The quantitative estimate of drug-likeness (QED) is 0.722. The van der Waals surface area contributed by atoms with Crippen molar-refractivity contribution in [3.8, 4) is 11.6 Å². The Labute approximate surface area is 96.4 Å². The molecule has 90 valence electrons. The van der Waals surface area contributed by atoms with Crippen molar-refractivity contribution in [2.24, 2.45) is 7.05 Å². The Hall–Kier alpha value is -1.42. The minimum Gasteiger partial charge on any atom is -0.484 e. The number of aryl methyl sites for hydroxylation is 1. The fourth-order valence-corrected chi connectivity index (χ4v) is 1.39. The molecular weight excluding hydrogens is 206 g/mol. The Bertz CT molecular complexity index is 333. The van der Waals surface area contributed by atoms with E-state index >= 15 is 0 Å². The summed E-state index contributed by atoms with van der Waals surface area (Å²) >= 11 is 0. The first-order valence-corrected chi connectivity index (χ1v) is 5.23. The van der Waals surface area contributed by atoms with Crippen LogP contribution in [0.1, 0.15) is 6.92 Å². The van der Waals surface area contributed by atoms with E-state index in [4.69, 9.17) is 14.2 Å². The molecule has 1 unspecified atom stereocenters. The van der Waals surface area contributed by atoms with Gasteiger partial charge in [0.15, 0.2) is 11.9 Å². The molecule has 0 saturated carbocycles. The topological polar surface area (TPSA) is 32.6 Å². The summed E-state index contributed by atoms with van der Waals surface area (Å²) in [6.07, 6.45) is 3.67. The zero-order valence-corrected chi connectivity index (χ0v) is 10.1. The molecule has 0 radical (unpaired) electrons. The second-order valence-electron chi connectivity index (χ2n) is 3.51. The Balaban J connectivity index is 0.000000386. The van der Waals surface area contributed by atoms with Gasteiger partial charge in [0.2, 0.25) is 5.88 Å². The molecule has 0 saturated heterocycles. The fraction of sp³-hybridized carbons (Fsp3) is 0.500. The Morgan fingerprint density at radius 1 is 1.69 bits per heavy atom. The van der Waals surface area contributed by atoms with Crippen LogP contribution in [0.2, 0.25) is 0 Å². The van der Waals surface area contributed by atoms with E-state index in [0.717, 1.165) is 11.6 Å². The van der Waals surface area contributed by atoms with Crippen LogP contribution >= 0.6 is 0 Å². The van der Waals surface area contributed by atoms with E-state index in [2.05, 4.69) is 6.58 Å². The monoisotopic (exact) mass is 225 g/mol. The normalized spacial score (nSPS) is 17.3. The number of ether oxygens (including phenoxy) is 3. The summed E-state index contributed by atoms with van der Waals surface area (Å²) in [7, 11) is 3.58. The Morgan fingerprint density at radius 2 is 2.38 bits per heavy atom. The van der Waals surface area contributed by atoms with Crippen molar-refractivity contribution in [1.82, 2.24) is 4.57 Å². The third-order valence-electron chi connectivity index (χ3n) is 2.04. The molecule has 0 aliphatic carbocycles. The van der Waals surface area contributed by atoms with Crippen LogP contribution in [0.5, 0.6) is 11.6 Å². The zero-order chi connectivity index (χ0) is 12.0. The SMILES string of the molecule is C=CC.COCC1COc2ccn(C)c2O1. The lowest BCUT2D eigenvalue weighted by molar-refractivity contribution is 0.0222. The lowest BCUT2D eigenvalue weighted by Gasteiger charge is -2.24. The van der Waals surface area contributed by atoms with Crippen LogP contribution in [0.25, 0.3) is 0 Å². The molecule has 2 heterocycles. The number of fused-ring (bicyclic) bond motifs is 1. The molecule has 1 aliphatic rings. The molecule has 0 amide bonds. The molecule has 1 aliphatic heterocycles. The second kappa shape index (κ2) is 6.23. The van der Waals surface area contributed by atoms with Crippen molar-refractivity contribution < 1.29 is 14.2 Å². The maximum Gasteiger partial charge on any atom is 0.237 e. The summed E-state index contributed by atoms with van der Waals surface area (Å²) in [5.74, 6) is 1.60. The number of rotatable bonds is 2. The van der Waals surface area contributed by atoms with Crippen molar-refractivity contribution in [1.29, 1.82) is 0 Å². The number of allylic oxidation sites excluding steroid dienone is 1. The van der Waals surface area contributed by atoms with Gasteiger partial charge in [0.1, 0.15) is 6.61 Å². The van der Waals surface area contributed by atoms with Gasteiger partial charge in [-0.15, -0.1) is 6.58 Å². The predicted molar refractivity (Wildman–Crippen MR) is 63.1 cm³/mol. The summed E-state index contributed by atoms with van der Waals surface area (Å²) in [4.78, 5) is 0. The van der Waals surface area contributed by atoms with E-state index in [9.17, 15) is 0 Å². The van der Waals surface area contributed by atoms with Crippen LogP contribution in [0.3, 0.4) is 0 Å². The van der Waals surface area contributed by atoms with Gasteiger partial charge in [-0.1, -0.05) is 6.08 Å². The predicted octanol–water partition coefficient (Wildman–Crippen LogP) is 2.00. The van der Waals surface area contributed by atoms with E-state index in [1.165, 1.54) is 0 Å². The average molecular weight is 225 g/mol. The summed E-state index contributed by atoms with van der Waals surface area (Å²) in [5, 5.41) is 0. The van der Waals surface area contributed by atoms with Gasteiger partial charge in [-0.3, -0.25) is 0 Å². The fourth-order valence-electron chi connectivity index (χ4n) is 1.39. The van der Waals surface area contributed by atoms with Crippen LogP contribution in [-0.4, -0.2) is 31.0 Å². The highest BCUT2D eigenvalue weighted by Gasteiger charge is 2.22. The van der Waals surface area contributed by atoms with Crippen LogP contribution in [-0.2, 0) is 11.8 Å². The maximum absolute atomic E-state index is 5.66. The molecule has 0 bridgehead atoms. The van der Waals surface area contributed by atoms with E-state index in [1.54, 1.807) is 13.2 Å². The highest BCUT2D eigenvalue weighted by molar-refractivity contribution is 5.36. The Morgan fingerprint density at radius 3 is 3.00 bits per heavy atom. The second-order valence-corrected chi connectivity index (χ2v) is 3.51. The highest BCUT2D eigenvalue weighted by Crippen LogP contribution is 2.31. The molecule has 1 aromatic heterocycles. The first-order valence-electron chi connectivity index (χ1n) is 5.23. The summed E-state index contributed by atoms with van der Waals surface area (Å²) in [6.45, 7) is 6.37. The van der Waals surface area contributed by atoms with E-state index < -0.39 is 0 Å². The van der Waals surface area contributed by atoms with Gasteiger partial charge in [0.05, 0.1) is 6.61 Å². The van der Waals surface area contributed by atoms with E-state index in [-0.39, 0.29) is 6.10 Å². The number of methoxy groups -OCH3 is 1. The van der Waals surface area contributed by atoms with Gasteiger partial charge in [-0.05, 0) is 6.92 Å². The third kappa shape index (κ3) is 3.03. The summed E-state index contributed by atoms with van der Waals surface area (Å²) < 4.78 is 18.0. The summed E-state index contributed by atoms with van der Waals surface area (Å²) in [6, 6.07) is 1.90. The molecule has 0 N–H and O–H groups in total. The number of aromatic nitrogens is 1. The highest BCUT2D eigenvalue weighted by atomic mass is 16.6. The van der Waals surface area contributed by atoms with Gasteiger partial charge in [0.25, 0.3) is 0 Å². The third-order valence-corrected chi connectivity index (χ3v) is 2.04. The van der Waals surface area contributed by atoms with Crippen molar-refractivity contribution in [3.63, 3.8) is 0 Å². The van der Waals surface area contributed by atoms with Crippen molar-refractivity contribution in [3.05, 3.63) is 24.9 Å². The first kappa shape index (κ1) is 12.6. The lowest BCUT2D eigenvalue weighted by atomic mass is 10.3. The van der Waals surface area contributed by atoms with Gasteiger partial charge >= 0.3 is 0 Å². The van der Waals surface area contributed by atoms with Crippen molar-refractivity contribution in [2.75, 3.05) is 20.3 Å². The molecule has 0 aromatic carbocycles. The van der Waals surface area contributed by atoms with Gasteiger partial charge < -0.3 is 18.8 Å². The molecule has 0 fully saturated rings. The number of hydrogen-bond donors (Lipinski definition) is 0. The number of nitrogens with zero attached hydrogens (tertiary/aromatic N) is 1. The summed E-state index contributed by atoms with van der Waals surface area (Å²) in [5.41, 5.74) is 0. The average Bonchev–Trinajstić information content (AvgIpc) is 2.62. The van der Waals surface area contributed by atoms with Crippen LogP contribution in [0.4, 0.5) is 0 Å². The van der Waals surface area contributed by atoms with Crippen LogP contribution < -0.4 is 9.47 Å². The number of hydrogen-bond acceptors (Lipinski definition) is 3. The van der Waals surface area contributed by atoms with E-state index in [1.807, 2.05) is 30.8 Å². The first-order chi connectivity index (χ1) is 7.72. The minimum atomic E-state index is 0.00565. The maximum atomic E-state index is 5.66. The lowest BCUT2D eigenvalue weighted by Crippen LogP contribution is -2.33. The molecule has 1 atom stereocenters. The Kier molecular flexibility index (Phi) is 4.92. The van der Waals surface area contributed by atoms with Crippen molar-refractivity contribution in [2.45, 2.75) is 13.0 Å². The molecule has 2 rings (SSSR count). The minimum absolute atomic E-state index is 0.00565. The smallest absolute Gasteiger partial charge is 0.237 e. The largest absolute Gasteiger partial charge is 0.484 e. The molecular formula is C12H19NO3. The molecule has 16 heavy (non-hydrogen) atoms. The standard InChI is InChI=1S/C9H13NO3.C3H6/c1-10-4-3-8-9(10)13-7(5-11-2)6-12-8;1-3-2/h3-4,7H,5-6H2,1-2H3;3H,1H2,2H3.